The normalized spacial score (nSPS) is 16.6. The number of ether oxygens (including phenoxy) is 1. The van der Waals surface area contributed by atoms with Crippen molar-refractivity contribution in [3.05, 3.63) is 44.7 Å². The van der Waals surface area contributed by atoms with Crippen LogP contribution in [0.5, 0.6) is 11.6 Å². The summed E-state index contributed by atoms with van der Waals surface area (Å²) in [6.07, 6.45) is 0. The van der Waals surface area contributed by atoms with E-state index in [-0.39, 0.29) is 16.7 Å². The van der Waals surface area contributed by atoms with Crippen molar-refractivity contribution < 1.29 is 13.0 Å². The summed E-state index contributed by atoms with van der Waals surface area (Å²) in [6, 6.07) is 4.04. The maximum atomic E-state index is 12.0. The van der Waals surface area contributed by atoms with E-state index in [0.717, 1.165) is 6.07 Å². The van der Waals surface area contributed by atoms with Crippen molar-refractivity contribution in [1.82, 2.24) is 10.2 Å². The third-order valence-corrected chi connectivity index (χ3v) is 2.86. The summed E-state index contributed by atoms with van der Waals surface area (Å²) in [5.74, 6) is -1.99. The lowest BCUT2D eigenvalue weighted by Gasteiger charge is -2.11. The van der Waals surface area contributed by atoms with Crippen LogP contribution >= 0.6 is 11.6 Å². The molecular weight excluding hydrogens is 278 g/mol. The van der Waals surface area contributed by atoms with E-state index in [1.54, 1.807) is 13.0 Å². The predicted molar refractivity (Wildman–Crippen MR) is 79.6 cm³/mol. The molecule has 3 N–H and O–H groups in total. The lowest BCUT2D eigenvalue weighted by molar-refractivity contribution is 0.449. The third kappa shape index (κ3) is 2.93. The highest BCUT2D eigenvalue weighted by atomic mass is 35.5. The highest BCUT2D eigenvalue weighted by Gasteiger charge is 2.12. The molecule has 5 nitrogen and oxygen atoms in total. The Labute approximate surface area is 130 Å². The molecule has 1 aromatic heterocycles. The zero-order valence-electron chi connectivity index (χ0n) is 16.5. The van der Waals surface area contributed by atoms with Crippen LogP contribution in [0.1, 0.15) is 39.0 Å². The minimum absolute atomic E-state index is 0.181. The molecule has 6 heteroatoms. The lowest BCUT2D eigenvalue weighted by Crippen LogP contribution is -2.15. The van der Waals surface area contributed by atoms with Gasteiger partial charge in [0.05, 0.1) is 5.02 Å². The summed E-state index contributed by atoms with van der Waals surface area (Å²) in [5.41, 5.74) is 5.27. The molecule has 2 rings (SSSR count). The van der Waals surface area contributed by atoms with E-state index in [1.165, 1.54) is 6.07 Å². The SMILES string of the molecule is [2H]C([2H])([2H])C(c1cc(Oc2c(C)cc(N)cc2Cl)n[nH]c1=O)C([2H])([2H])[2H]. The molecule has 0 amide bonds. The molecule has 1 heterocycles. The van der Waals surface area contributed by atoms with Gasteiger partial charge in [-0.05, 0) is 30.5 Å². The summed E-state index contributed by atoms with van der Waals surface area (Å²) in [6.45, 7) is -4.17. The number of halogens is 1. The van der Waals surface area contributed by atoms with Crippen LogP contribution in [0, 0.1) is 6.92 Å². The smallest absolute Gasteiger partial charge is 0.267 e. The van der Waals surface area contributed by atoms with Gasteiger partial charge in [-0.1, -0.05) is 25.3 Å². The van der Waals surface area contributed by atoms with Crippen molar-refractivity contribution in [2.45, 2.75) is 26.5 Å². The van der Waals surface area contributed by atoms with Gasteiger partial charge in [-0.3, -0.25) is 4.79 Å². The molecule has 0 aliphatic heterocycles. The van der Waals surface area contributed by atoms with Gasteiger partial charge in [0.2, 0.25) is 5.88 Å². The standard InChI is InChI=1S/C14H16ClN3O2/c1-7(2)10-6-12(17-18-14(10)19)20-13-8(3)4-9(16)5-11(13)15/h4-7H,16H2,1-3H3,(H,18,19)/i1D3,2D3. The first-order chi connectivity index (χ1) is 11.8. The first-order valence-electron chi connectivity index (χ1n) is 8.64. The third-order valence-electron chi connectivity index (χ3n) is 2.58. The number of H-pyrrole nitrogens is 1. The Morgan fingerprint density at radius 3 is 2.85 bits per heavy atom. The molecule has 0 bridgehead atoms. The minimum Gasteiger partial charge on any atom is -0.436 e. The van der Waals surface area contributed by atoms with Crippen LogP contribution in [0.15, 0.2) is 23.0 Å². The molecule has 0 saturated carbocycles. The summed E-state index contributed by atoms with van der Waals surface area (Å²) >= 11 is 6.08. The van der Waals surface area contributed by atoms with Crippen LogP contribution in [0.2, 0.25) is 5.02 Å². The van der Waals surface area contributed by atoms with Crippen molar-refractivity contribution in [1.29, 1.82) is 0 Å². The molecule has 1 aromatic carbocycles. The number of aromatic amines is 1. The monoisotopic (exact) mass is 299 g/mol. The molecule has 0 saturated heterocycles. The van der Waals surface area contributed by atoms with Gasteiger partial charge in [-0.15, -0.1) is 5.10 Å². The van der Waals surface area contributed by atoms with E-state index in [2.05, 4.69) is 10.2 Å². The highest BCUT2D eigenvalue weighted by Crippen LogP contribution is 2.34. The molecular formula is C14H16ClN3O2. The van der Waals surface area contributed by atoms with Gasteiger partial charge in [0.25, 0.3) is 5.56 Å². The lowest BCUT2D eigenvalue weighted by atomic mass is 10.1. The second-order valence-electron chi connectivity index (χ2n) is 4.17. The number of nitrogens with one attached hydrogen (secondary N) is 1. The fourth-order valence-corrected chi connectivity index (χ4v) is 1.97. The zero-order chi connectivity index (χ0) is 19.9. The number of rotatable bonds is 3. The Hall–Kier alpha value is -2.01. The Morgan fingerprint density at radius 1 is 1.45 bits per heavy atom. The number of hydrogen-bond acceptors (Lipinski definition) is 4. The topological polar surface area (TPSA) is 81.0 Å². The number of benzene rings is 1. The molecule has 0 fully saturated rings. The predicted octanol–water partition coefficient (Wildman–Crippen LogP) is 3.23. The fraction of sp³-hybridized carbons (Fsp3) is 0.286. The van der Waals surface area contributed by atoms with E-state index in [4.69, 9.17) is 30.3 Å². The molecule has 0 aliphatic rings. The molecule has 20 heavy (non-hydrogen) atoms. The molecule has 0 atom stereocenters. The van der Waals surface area contributed by atoms with E-state index in [9.17, 15) is 4.79 Å². The number of hydrogen-bond donors (Lipinski definition) is 2. The zero-order valence-corrected chi connectivity index (χ0v) is 11.3. The van der Waals surface area contributed by atoms with Crippen molar-refractivity contribution in [3.63, 3.8) is 0 Å². The molecule has 0 unspecified atom stereocenters. The second-order valence-corrected chi connectivity index (χ2v) is 4.58. The average molecular weight is 300 g/mol. The summed E-state index contributed by atoms with van der Waals surface area (Å²) in [5, 5.41) is 5.91. The summed E-state index contributed by atoms with van der Waals surface area (Å²) < 4.78 is 50.4. The summed E-state index contributed by atoms with van der Waals surface area (Å²) in [4.78, 5) is 12.0. The van der Waals surface area contributed by atoms with E-state index < -0.39 is 30.7 Å². The van der Waals surface area contributed by atoms with Crippen LogP contribution in [0.4, 0.5) is 5.69 Å². The van der Waals surface area contributed by atoms with Crippen molar-refractivity contribution in [2.24, 2.45) is 0 Å². The molecule has 2 aromatic rings. The highest BCUT2D eigenvalue weighted by molar-refractivity contribution is 6.32. The maximum Gasteiger partial charge on any atom is 0.267 e. The van der Waals surface area contributed by atoms with Crippen molar-refractivity contribution in [3.8, 4) is 11.6 Å². The Morgan fingerprint density at radius 2 is 2.20 bits per heavy atom. The van der Waals surface area contributed by atoms with Crippen LogP contribution in [0.25, 0.3) is 0 Å². The molecule has 106 valence electrons. The second kappa shape index (κ2) is 5.54. The number of aryl methyl sites for hydroxylation is 1. The number of nitrogen functional groups attached to an aromatic ring is 1. The van der Waals surface area contributed by atoms with E-state index in [0.29, 0.717) is 11.3 Å². The fourth-order valence-electron chi connectivity index (χ4n) is 1.66. The first kappa shape index (κ1) is 8.32. The van der Waals surface area contributed by atoms with Crippen molar-refractivity contribution >= 4 is 17.3 Å². The quantitative estimate of drug-likeness (QED) is 0.853. The van der Waals surface area contributed by atoms with Gasteiger partial charge in [-0.25, -0.2) is 5.10 Å². The average Bonchev–Trinajstić information content (AvgIpc) is 2.43. The van der Waals surface area contributed by atoms with Crippen LogP contribution < -0.4 is 16.0 Å². The van der Waals surface area contributed by atoms with Crippen molar-refractivity contribution in [2.75, 3.05) is 5.73 Å². The van der Waals surface area contributed by atoms with E-state index in [1.807, 2.05) is 0 Å². The maximum absolute atomic E-state index is 12.0. The number of aromatic nitrogens is 2. The molecule has 0 radical (unpaired) electrons. The first-order valence-corrected chi connectivity index (χ1v) is 6.01. The van der Waals surface area contributed by atoms with Gasteiger partial charge in [-0.2, -0.15) is 0 Å². The van der Waals surface area contributed by atoms with Gasteiger partial charge in [0, 0.05) is 25.5 Å². The minimum atomic E-state index is -2.92. The molecule has 0 spiro atoms. The van der Waals surface area contributed by atoms with Crippen LogP contribution in [-0.2, 0) is 0 Å². The van der Waals surface area contributed by atoms with Gasteiger partial charge >= 0.3 is 0 Å². The van der Waals surface area contributed by atoms with Crippen LogP contribution in [-0.4, -0.2) is 10.2 Å². The Balaban J connectivity index is 2.53. The number of nitrogens with zero attached hydrogens (tertiary/aromatic N) is 1. The number of anilines is 1. The van der Waals surface area contributed by atoms with Gasteiger partial charge in [0.15, 0.2) is 5.75 Å². The van der Waals surface area contributed by atoms with E-state index >= 15 is 0 Å². The molecule has 0 aliphatic carbocycles. The Kier molecular flexibility index (Phi) is 2.31. The Bertz CT molecular complexity index is 841. The number of nitrogens with two attached hydrogens (primary N) is 1. The summed E-state index contributed by atoms with van der Waals surface area (Å²) in [7, 11) is 0. The van der Waals surface area contributed by atoms with Gasteiger partial charge in [0.1, 0.15) is 0 Å². The van der Waals surface area contributed by atoms with Gasteiger partial charge < -0.3 is 10.5 Å². The largest absolute Gasteiger partial charge is 0.436 e. The van der Waals surface area contributed by atoms with Crippen LogP contribution in [0.3, 0.4) is 0 Å².